The smallest absolute Gasteiger partial charge is 0.264 e. The number of hydrogen-bond donors (Lipinski definition) is 1. The number of sulfonamides is 1. The van der Waals surface area contributed by atoms with Crippen LogP contribution in [-0.4, -0.2) is 44.3 Å². The van der Waals surface area contributed by atoms with Crippen LogP contribution in [0.15, 0.2) is 102 Å². The Labute approximate surface area is 278 Å². The number of hydrogen-bond acceptors (Lipinski definition) is 4. The van der Waals surface area contributed by atoms with Crippen LogP contribution >= 0.6 is 11.6 Å². The highest BCUT2D eigenvalue weighted by Crippen LogP contribution is 2.27. The molecule has 1 atom stereocenters. The Balaban J connectivity index is 1.81. The molecule has 0 radical (unpaired) electrons. The van der Waals surface area contributed by atoms with Gasteiger partial charge in [-0.3, -0.25) is 13.9 Å². The lowest BCUT2D eigenvalue weighted by atomic mass is 10.0. The van der Waals surface area contributed by atoms with Crippen molar-refractivity contribution in [1.29, 1.82) is 0 Å². The number of anilines is 1. The molecule has 4 aromatic rings. The lowest BCUT2D eigenvalue weighted by Gasteiger charge is -2.34. The molecular formula is C37H42ClN3O4S. The van der Waals surface area contributed by atoms with Crippen molar-refractivity contribution in [3.8, 4) is 0 Å². The summed E-state index contributed by atoms with van der Waals surface area (Å²) in [6.07, 6.45) is 1.94. The van der Waals surface area contributed by atoms with Gasteiger partial charge in [-0.2, -0.15) is 0 Å². The van der Waals surface area contributed by atoms with Gasteiger partial charge in [0.15, 0.2) is 0 Å². The number of benzene rings is 4. The minimum absolute atomic E-state index is 0.0590. The van der Waals surface area contributed by atoms with E-state index in [0.29, 0.717) is 17.3 Å². The van der Waals surface area contributed by atoms with E-state index in [1.165, 1.54) is 4.90 Å². The first kappa shape index (κ1) is 34.7. The predicted molar refractivity (Wildman–Crippen MR) is 185 cm³/mol. The molecule has 0 saturated carbocycles. The number of amides is 2. The molecule has 0 saturated heterocycles. The Morgan fingerprint density at radius 3 is 2.17 bits per heavy atom. The maximum Gasteiger partial charge on any atom is 0.264 e. The average Bonchev–Trinajstić information content (AvgIpc) is 3.03. The fraction of sp³-hybridized carbons (Fsp3) is 0.297. The lowest BCUT2D eigenvalue weighted by Crippen LogP contribution is -2.53. The third kappa shape index (κ3) is 8.98. The highest BCUT2D eigenvalue weighted by atomic mass is 35.5. The third-order valence-electron chi connectivity index (χ3n) is 8.01. The topological polar surface area (TPSA) is 86.8 Å². The molecule has 46 heavy (non-hydrogen) atoms. The molecule has 0 spiro atoms. The van der Waals surface area contributed by atoms with Crippen molar-refractivity contribution < 1.29 is 18.0 Å². The van der Waals surface area contributed by atoms with Crippen LogP contribution in [-0.2, 0) is 32.6 Å². The van der Waals surface area contributed by atoms with Crippen molar-refractivity contribution in [1.82, 2.24) is 10.2 Å². The summed E-state index contributed by atoms with van der Waals surface area (Å²) in [6, 6.07) is 27.6. The summed E-state index contributed by atoms with van der Waals surface area (Å²) in [5.74, 6) is -0.813. The number of rotatable bonds is 14. The van der Waals surface area contributed by atoms with Crippen molar-refractivity contribution >= 4 is 39.1 Å². The van der Waals surface area contributed by atoms with Crippen LogP contribution in [0.4, 0.5) is 5.69 Å². The fourth-order valence-corrected chi connectivity index (χ4v) is 6.76. The van der Waals surface area contributed by atoms with E-state index in [1.54, 1.807) is 54.6 Å². The highest BCUT2D eigenvalue weighted by molar-refractivity contribution is 7.92. The van der Waals surface area contributed by atoms with E-state index in [1.807, 2.05) is 70.2 Å². The number of nitrogens with one attached hydrogen (secondary N) is 1. The van der Waals surface area contributed by atoms with Gasteiger partial charge in [-0.1, -0.05) is 91.2 Å². The molecule has 0 aliphatic carbocycles. The van der Waals surface area contributed by atoms with Gasteiger partial charge >= 0.3 is 0 Å². The van der Waals surface area contributed by atoms with E-state index >= 15 is 0 Å². The third-order valence-corrected chi connectivity index (χ3v) is 10.0. The van der Waals surface area contributed by atoms with Gasteiger partial charge in [0.25, 0.3) is 10.0 Å². The second-order valence-corrected chi connectivity index (χ2v) is 13.9. The standard InChI is InChI=1S/C37H42ClN3O4S/c1-5-6-21-39-37(43)35(24-30-11-8-7-9-12-30)40(25-31-13-10-14-32(38)23-31)36(42)26-41(33-18-17-28(3)29(4)22-33)46(44,45)34-19-15-27(2)16-20-34/h7-20,22-23,35H,5-6,21,24-26H2,1-4H3,(H,39,43)/t35-/m0/s1. The minimum Gasteiger partial charge on any atom is -0.354 e. The van der Waals surface area contributed by atoms with E-state index in [0.717, 1.165) is 45.0 Å². The SMILES string of the molecule is CCCCNC(=O)[C@H](Cc1ccccc1)N(Cc1cccc(Cl)c1)C(=O)CN(c1ccc(C)c(C)c1)S(=O)(=O)c1ccc(C)cc1. The van der Waals surface area contributed by atoms with Gasteiger partial charge in [0, 0.05) is 24.5 Å². The summed E-state index contributed by atoms with van der Waals surface area (Å²) >= 11 is 6.32. The lowest BCUT2D eigenvalue weighted by molar-refractivity contribution is -0.140. The molecule has 1 N–H and O–H groups in total. The summed E-state index contributed by atoms with van der Waals surface area (Å²) in [5, 5.41) is 3.50. The molecule has 4 aromatic carbocycles. The number of unbranched alkanes of at least 4 members (excludes halogenated alkanes) is 1. The van der Waals surface area contributed by atoms with Crippen molar-refractivity contribution in [3.63, 3.8) is 0 Å². The molecule has 0 heterocycles. The Bertz CT molecular complexity index is 1740. The second kappa shape index (κ2) is 15.9. The number of carbonyl (C=O) groups is 2. The van der Waals surface area contributed by atoms with E-state index in [-0.39, 0.29) is 23.8 Å². The first-order valence-corrected chi connectivity index (χ1v) is 17.3. The normalized spacial score (nSPS) is 11.9. The first-order valence-electron chi connectivity index (χ1n) is 15.5. The Morgan fingerprint density at radius 2 is 1.52 bits per heavy atom. The molecule has 0 aliphatic rings. The summed E-state index contributed by atoms with van der Waals surface area (Å²) in [5.41, 5.74) is 4.77. The molecule has 242 valence electrons. The fourth-order valence-electron chi connectivity index (χ4n) is 5.14. The monoisotopic (exact) mass is 659 g/mol. The van der Waals surface area contributed by atoms with Gasteiger partial charge in [-0.05, 0) is 85.8 Å². The largest absolute Gasteiger partial charge is 0.354 e. The number of nitrogens with zero attached hydrogens (tertiary/aromatic N) is 2. The predicted octanol–water partition coefficient (Wildman–Crippen LogP) is 7.02. The van der Waals surface area contributed by atoms with E-state index in [2.05, 4.69) is 5.32 Å². The van der Waals surface area contributed by atoms with Gasteiger partial charge < -0.3 is 10.2 Å². The minimum atomic E-state index is -4.17. The molecule has 0 aliphatic heterocycles. The maximum atomic E-state index is 14.6. The summed E-state index contributed by atoms with van der Waals surface area (Å²) in [7, 11) is -4.17. The molecule has 2 amide bonds. The van der Waals surface area contributed by atoms with Gasteiger partial charge in [0.05, 0.1) is 10.6 Å². The Morgan fingerprint density at radius 1 is 0.826 bits per heavy atom. The second-order valence-electron chi connectivity index (χ2n) is 11.6. The van der Waals surface area contributed by atoms with Crippen molar-refractivity contribution in [2.24, 2.45) is 0 Å². The van der Waals surface area contributed by atoms with Crippen LogP contribution in [0.3, 0.4) is 0 Å². The van der Waals surface area contributed by atoms with Crippen LogP contribution in [0.2, 0.25) is 5.02 Å². The van der Waals surface area contributed by atoms with E-state index < -0.39 is 28.5 Å². The molecule has 4 rings (SSSR count). The zero-order valence-electron chi connectivity index (χ0n) is 26.9. The van der Waals surface area contributed by atoms with Crippen molar-refractivity contribution in [3.05, 3.63) is 130 Å². The molecular weight excluding hydrogens is 618 g/mol. The van der Waals surface area contributed by atoms with Crippen LogP contribution in [0.5, 0.6) is 0 Å². The number of halogens is 1. The molecule has 7 nitrogen and oxygen atoms in total. The van der Waals surface area contributed by atoms with Crippen molar-refractivity contribution in [2.45, 2.75) is 64.4 Å². The summed E-state index contributed by atoms with van der Waals surface area (Å²) in [4.78, 5) is 30.0. The van der Waals surface area contributed by atoms with Crippen LogP contribution in [0.25, 0.3) is 0 Å². The average molecular weight is 660 g/mol. The maximum absolute atomic E-state index is 14.6. The molecule has 0 unspecified atom stereocenters. The van der Waals surface area contributed by atoms with E-state index in [4.69, 9.17) is 11.6 Å². The quantitative estimate of drug-likeness (QED) is 0.148. The van der Waals surface area contributed by atoms with Crippen LogP contribution < -0.4 is 9.62 Å². The zero-order valence-corrected chi connectivity index (χ0v) is 28.4. The summed E-state index contributed by atoms with van der Waals surface area (Å²) in [6.45, 7) is 7.79. The molecule has 9 heteroatoms. The molecule has 0 bridgehead atoms. The number of aryl methyl sites for hydroxylation is 3. The van der Waals surface area contributed by atoms with Crippen molar-refractivity contribution in [2.75, 3.05) is 17.4 Å². The van der Waals surface area contributed by atoms with Crippen LogP contribution in [0, 0.1) is 20.8 Å². The molecule has 0 aromatic heterocycles. The van der Waals surface area contributed by atoms with Gasteiger partial charge in [-0.15, -0.1) is 0 Å². The Hall–Kier alpha value is -4.14. The van der Waals surface area contributed by atoms with E-state index in [9.17, 15) is 18.0 Å². The zero-order chi connectivity index (χ0) is 33.3. The van der Waals surface area contributed by atoms with Gasteiger partial charge in [0.2, 0.25) is 11.8 Å². The number of carbonyl (C=O) groups excluding carboxylic acids is 2. The van der Waals surface area contributed by atoms with Gasteiger partial charge in [0.1, 0.15) is 12.6 Å². The first-order chi connectivity index (χ1) is 22.0. The summed E-state index contributed by atoms with van der Waals surface area (Å²) < 4.78 is 29.6. The Kier molecular flexibility index (Phi) is 12.0. The van der Waals surface area contributed by atoms with Gasteiger partial charge in [-0.25, -0.2) is 8.42 Å². The molecule has 0 fully saturated rings. The van der Waals surface area contributed by atoms with Crippen LogP contribution in [0.1, 0.15) is 47.6 Å². The highest BCUT2D eigenvalue weighted by Gasteiger charge is 2.34.